The van der Waals surface area contributed by atoms with E-state index in [0.29, 0.717) is 17.9 Å². The summed E-state index contributed by atoms with van der Waals surface area (Å²) in [5, 5.41) is 5.26. The van der Waals surface area contributed by atoms with Crippen molar-refractivity contribution in [3.8, 4) is 0 Å². The van der Waals surface area contributed by atoms with E-state index < -0.39 is 11.8 Å². The molecule has 2 aromatic rings. The molecule has 0 spiro atoms. The van der Waals surface area contributed by atoms with Crippen LogP contribution in [0, 0.1) is 12.7 Å². The minimum absolute atomic E-state index is 0.187. The van der Waals surface area contributed by atoms with Crippen molar-refractivity contribution >= 4 is 23.2 Å². The van der Waals surface area contributed by atoms with E-state index in [4.69, 9.17) is 0 Å². The Balaban J connectivity index is 1.33. The fourth-order valence-electron chi connectivity index (χ4n) is 3.42. The van der Waals surface area contributed by atoms with Gasteiger partial charge in [0.2, 0.25) is 0 Å². The van der Waals surface area contributed by atoms with Crippen LogP contribution < -0.4 is 15.5 Å². The first-order valence-corrected chi connectivity index (χ1v) is 9.90. The second-order valence-corrected chi connectivity index (χ2v) is 7.21. The Bertz CT molecular complexity index is 850. The van der Waals surface area contributed by atoms with E-state index in [1.54, 1.807) is 12.1 Å². The molecule has 1 heterocycles. The van der Waals surface area contributed by atoms with E-state index in [1.165, 1.54) is 6.07 Å². The van der Waals surface area contributed by atoms with Crippen LogP contribution in [0.15, 0.2) is 48.5 Å². The van der Waals surface area contributed by atoms with Gasteiger partial charge in [-0.2, -0.15) is 0 Å². The lowest BCUT2D eigenvalue weighted by atomic mass is 10.2. The molecule has 1 saturated heterocycles. The third kappa shape index (κ3) is 6.02. The molecule has 0 saturated carbocycles. The number of hydrogen-bond donors (Lipinski definition) is 2. The third-order valence-corrected chi connectivity index (χ3v) is 4.98. The van der Waals surface area contributed by atoms with Crippen LogP contribution in [-0.2, 0) is 9.59 Å². The van der Waals surface area contributed by atoms with Gasteiger partial charge in [-0.25, -0.2) is 4.39 Å². The second-order valence-electron chi connectivity index (χ2n) is 7.21. The maximum atomic E-state index is 13.9. The van der Waals surface area contributed by atoms with Crippen LogP contribution in [0.5, 0.6) is 0 Å². The van der Waals surface area contributed by atoms with E-state index in [9.17, 15) is 14.0 Å². The molecule has 6 nitrogen and oxygen atoms in total. The van der Waals surface area contributed by atoms with Crippen molar-refractivity contribution in [2.45, 2.75) is 13.3 Å². The predicted octanol–water partition coefficient (Wildman–Crippen LogP) is 2.40. The number of benzene rings is 2. The summed E-state index contributed by atoms with van der Waals surface area (Å²) in [6, 6.07) is 14.2. The largest absolute Gasteiger partial charge is 0.367 e. The number of carbonyl (C=O) groups is 2. The van der Waals surface area contributed by atoms with Crippen molar-refractivity contribution in [3.63, 3.8) is 0 Å². The van der Waals surface area contributed by atoms with E-state index in [2.05, 4.69) is 20.4 Å². The number of aryl methyl sites for hydroxylation is 1. The Morgan fingerprint density at radius 3 is 2.48 bits per heavy atom. The molecule has 29 heavy (non-hydrogen) atoms. The molecule has 1 fully saturated rings. The summed E-state index contributed by atoms with van der Waals surface area (Å²) < 4.78 is 13.9. The number of halogens is 1. The fraction of sp³-hybridized carbons (Fsp3) is 0.364. The SMILES string of the molecule is Cc1cccc(NC(=O)C(=O)NCCCN2CCN(c3ccccc3F)CC2)c1. The highest BCUT2D eigenvalue weighted by Crippen LogP contribution is 2.20. The van der Waals surface area contributed by atoms with Crippen LogP contribution in [0.4, 0.5) is 15.8 Å². The Kier molecular flexibility index (Phi) is 7.19. The summed E-state index contributed by atoms with van der Waals surface area (Å²) in [7, 11) is 0. The summed E-state index contributed by atoms with van der Waals surface area (Å²) >= 11 is 0. The molecule has 7 heteroatoms. The van der Waals surface area contributed by atoms with Gasteiger partial charge in [-0.3, -0.25) is 14.5 Å². The van der Waals surface area contributed by atoms with Crippen LogP contribution >= 0.6 is 0 Å². The number of nitrogens with zero attached hydrogens (tertiary/aromatic N) is 2. The van der Waals surface area contributed by atoms with Gasteiger partial charge in [-0.15, -0.1) is 0 Å². The van der Waals surface area contributed by atoms with Crippen molar-refractivity contribution in [1.29, 1.82) is 0 Å². The molecular weight excluding hydrogens is 371 g/mol. The average Bonchev–Trinajstić information content (AvgIpc) is 2.72. The highest BCUT2D eigenvalue weighted by Gasteiger charge is 2.19. The van der Waals surface area contributed by atoms with Crippen LogP contribution in [0.2, 0.25) is 0 Å². The lowest BCUT2D eigenvalue weighted by Gasteiger charge is -2.36. The lowest BCUT2D eigenvalue weighted by molar-refractivity contribution is -0.136. The van der Waals surface area contributed by atoms with E-state index in [-0.39, 0.29) is 5.82 Å². The molecule has 1 aliphatic heterocycles. The lowest BCUT2D eigenvalue weighted by Crippen LogP contribution is -2.47. The molecule has 154 valence electrons. The quantitative estimate of drug-likeness (QED) is 0.579. The number of rotatable bonds is 6. The van der Waals surface area contributed by atoms with Gasteiger partial charge in [0.15, 0.2) is 0 Å². The Hall–Kier alpha value is -2.93. The first kappa shape index (κ1) is 20.8. The maximum absolute atomic E-state index is 13.9. The van der Waals surface area contributed by atoms with Gasteiger partial charge in [0.1, 0.15) is 5.82 Å². The van der Waals surface area contributed by atoms with Gasteiger partial charge in [0.05, 0.1) is 5.69 Å². The third-order valence-electron chi connectivity index (χ3n) is 4.98. The summed E-state index contributed by atoms with van der Waals surface area (Å²) in [6.45, 7) is 6.41. The van der Waals surface area contributed by atoms with Crippen molar-refractivity contribution in [2.24, 2.45) is 0 Å². The van der Waals surface area contributed by atoms with Gasteiger partial charge < -0.3 is 15.5 Å². The fourth-order valence-corrected chi connectivity index (χ4v) is 3.42. The monoisotopic (exact) mass is 398 g/mol. The summed E-state index contributed by atoms with van der Waals surface area (Å²) in [5.41, 5.74) is 2.27. The van der Waals surface area contributed by atoms with Crippen LogP contribution in [-0.4, -0.2) is 56.0 Å². The topological polar surface area (TPSA) is 64.7 Å². The number of hydrogen-bond acceptors (Lipinski definition) is 4. The number of piperazine rings is 1. The van der Waals surface area contributed by atoms with Crippen LogP contribution in [0.1, 0.15) is 12.0 Å². The van der Waals surface area contributed by atoms with E-state index in [1.807, 2.05) is 37.3 Å². The molecule has 3 rings (SSSR count). The first-order valence-electron chi connectivity index (χ1n) is 9.90. The number of carbonyl (C=O) groups excluding carboxylic acids is 2. The van der Waals surface area contributed by atoms with E-state index in [0.717, 1.165) is 44.7 Å². The molecule has 0 bridgehead atoms. The minimum Gasteiger partial charge on any atom is -0.367 e. The second kappa shape index (κ2) is 10.0. The highest BCUT2D eigenvalue weighted by molar-refractivity contribution is 6.39. The van der Waals surface area contributed by atoms with Crippen molar-refractivity contribution in [1.82, 2.24) is 10.2 Å². The summed E-state index contributed by atoms with van der Waals surface area (Å²) in [5.74, 6) is -1.47. The Morgan fingerprint density at radius 2 is 1.76 bits per heavy atom. The van der Waals surface area contributed by atoms with Gasteiger partial charge in [0.25, 0.3) is 0 Å². The van der Waals surface area contributed by atoms with Gasteiger partial charge in [-0.1, -0.05) is 24.3 Å². The van der Waals surface area contributed by atoms with Gasteiger partial charge >= 0.3 is 11.8 Å². The van der Waals surface area contributed by atoms with E-state index >= 15 is 0 Å². The van der Waals surface area contributed by atoms with Crippen LogP contribution in [0.25, 0.3) is 0 Å². The number of nitrogens with one attached hydrogen (secondary N) is 2. The average molecular weight is 398 g/mol. The van der Waals surface area contributed by atoms with Crippen molar-refractivity contribution < 1.29 is 14.0 Å². The van der Waals surface area contributed by atoms with Crippen LogP contribution in [0.3, 0.4) is 0 Å². The number of para-hydroxylation sites is 1. The summed E-state index contributed by atoms with van der Waals surface area (Å²) in [6.07, 6.45) is 0.753. The van der Waals surface area contributed by atoms with Crippen molar-refractivity contribution in [2.75, 3.05) is 49.5 Å². The molecule has 1 aliphatic rings. The summed E-state index contributed by atoms with van der Waals surface area (Å²) in [4.78, 5) is 28.2. The Morgan fingerprint density at radius 1 is 1.00 bits per heavy atom. The molecule has 0 radical (unpaired) electrons. The zero-order valence-electron chi connectivity index (χ0n) is 16.7. The molecule has 0 atom stereocenters. The molecule has 0 aliphatic carbocycles. The number of amides is 2. The molecular formula is C22H27FN4O2. The normalized spacial score (nSPS) is 14.5. The molecule has 0 unspecified atom stereocenters. The van der Waals surface area contributed by atoms with Gasteiger partial charge in [0, 0.05) is 38.4 Å². The predicted molar refractivity (Wildman–Crippen MR) is 112 cm³/mol. The number of anilines is 2. The maximum Gasteiger partial charge on any atom is 0.313 e. The van der Waals surface area contributed by atoms with Gasteiger partial charge in [-0.05, 0) is 49.7 Å². The molecule has 0 aromatic heterocycles. The Labute approximate surface area is 170 Å². The first-order chi connectivity index (χ1) is 14.0. The minimum atomic E-state index is -0.658. The standard InChI is InChI=1S/C22H27FN4O2/c1-17-6-4-7-18(16-17)25-22(29)21(28)24-10-5-11-26-12-14-27(15-13-26)20-9-3-2-8-19(20)23/h2-4,6-9,16H,5,10-15H2,1H3,(H,24,28)(H,25,29). The molecule has 2 aromatic carbocycles. The highest BCUT2D eigenvalue weighted by atomic mass is 19.1. The zero-order chi connectivity index (χ0) is 20.6. The van der Waals surface area contributed by atoms with Crippen molar-refractivity contribution in [3.05, 3.63) is 59.9 Å². The molecule has 2 amide bonds. The molecule has 2 N–H and O–H groups in total. The smallest absolute Gasteiger partial charge is 0.313 e. The zero-order valence-corrected chi connectivity index (χ0v) is 16.7.